The van der Waals surface area contributed by atoms with Gasteiger partial charge < -0.3 is 0 Å². The van der Waals surface area contributed by atoms with Crippen molar-refractivity contribution in [2.75, 3.05) is 19.3 Å². The summed E-state index contributed by atoms with van der Waals surface area (Å²) in [6.45, 7) is 0.500. The molecule has 0 aromatic rings. The summed E-state index contributed by atoms with van der Waals surface area (Å²) in [5, 5.41) is 0. The van der Waals surface area contributed by atoms with Gasteiger partial charge in [-0.1, -0.05) is 0 Å². The minimum Gasteiger partial charge on any atom is -0.218 e. The van der Waals surface area contributed by atoms with E-state index in [0.29, 0.717) is 19.1 Å². The zero-order valence-electron chi connectivity index (χ0n) is 7.15. The quantitative estimate of drug-likeness (QED) is 0.683. The van der Waals surface area contributed by atoms with Gasteiger partial charge in [-0.05, 0) is 12.8 Å². The molecule has 1 heterocycles. The first-order valence-corrected chi connectivity index (χ1v) is 7.12. The highest BCUT2D eigenvalue weighted by atomic mass is 32.2. The lowest BCUT2D eigenvalue weighted by Crippen LogP contribution is -2.11. The van der Waals surface area contributed by atoms with Crippen molar-refractivity contribution in [3.63, 3.8) is 0 Å². The SMILES string of the molecule is CS(=O)(=O)N=P(F)(F)N1CCCC1. The molecule has 1 rings (SSSR count). The summed E-state index contributed by atoms with van der Waals surface area (Å²) < 4.78 is 50.8. The van der Waals surface area contributed by atoms with Gasteiger partial charge in [-0.3, -0.25) is 0 Å². The molecule has 0 N–H and O–H groups in total. The lowest BCUT2D eigenvalue weighted by molar-refractivity contribution is 0.477. The van der Waals surface area contributed by atoms with Crippen LogP contribution in [0.1, 0.15) is 12.8 Å². The third-order valence-corrected chi connectivity index (χ3v) is 4.72. The third kappa shape index (κ3) is 3.32. The van der Waals surface area contributed by atoms with Crippen LogP contribution >= 0.6 is 7.83 Å². The number of halogens is 2. The fraction of sp³-hybridized carbons (Fsp3) is 1.00. The molecule has 0 aromatic heterocycles. The first-order valence-electron chi connectivity index (χ1n) is 3.79. The minimum atomic E-state index is -4.74. The van der Waals surface area contributed by atoms with E-state index in [1.807, 2.05) is 0 Å². The molecule has 0 aliphatic carbocycles. The van der Waals surface area contributed by atoms with Gasteiger partial charge in [-0.25, -0.2) is 13.1 Å². The standard InChI is InChI=1S/C5H11F2N2O2PS/c1-13(10,11)8-12(6,7)9-4-2-3-5-9/h2-5H2,1H3. The Hall–Kier alpha value is -0.0000000000000000763. The minimum absolute atomic E-state index is 0.250. The van der Waals surface area contributed by atoms with E-state index in [0.717, 1.165) is 4.67 Å². The van der Waals surface area contributed by atoms with Crippen molar-refractivity contribution in [1.29, 1.82) is 0 Å². The second-order valence-corrected chi connectivity index (χ2v) is 6.53. The zero-order valence-corrected chi connectivity index (χ0v) is 8.86. The van der Waals surface area contributed by atoms with Gasteiger partial charge >= 0.3 is 7.83 Å². The monoisotopic (exact) mass is 232 g/mol. The molecule has 0 aromatic carbocycles. The Morgan fingerprint density at radius 1 is 1.31 bits per heavy atom. The summed E-state index contributed by atoms with van der Waals surface area (Å²) in [7, 11) is -8.68. The van der Waals surface area contributed by atoms with Crippen LogP contribution in [-0.4, -0.2) is 32.4 Å². The van der Waals surface area contributed by atoms with E-state index in [1.54, 1.807) is 0 Å². The molecule has 1 fully saturated rings. The number of sulfonamides is 1. The van der Waals surface area contributed by atoms with Gasteiger partial charge in [0.2, 0.25) is 0 Å². The van der Waals surface area contributed by atoms with E-state index in [9.17, 15) is 16.8 Å². The molecular weight excluding hydrogens is 221 g/mol. The van der Waals surface area contributed by atoms with Crippen molar-refractivity contribution in [1.82, 2.24) is 4.67 Å². The van der Waals surface area contributed by atoms with E-state index >= 15 is 0 Å². The summed E-state index contributed by atoms with van der Waals surface area (Å²) in [4.78, 5) is 0. The molecular formula is C5H11F2N2O2PS. The van der Waals surface area contributed by atoms with Gasteiger partial charge in [0.25, 0.3) is 10.0 Å². The molecule has 1 aliphatic heterocycles. The first kappa shape index (κ1) is 11.1. The Labute approximate surface area is 76.3 Å². The highest BCUT2D eigenvalue weighted by molar-refractivity contribution is 7.92. The zero-order chi connectivity index (χ0) is 10.1. The average molecular weight is 232 g/mol. The van der Waals surface area contributed by atoms with Crippen molar-refractivity contribution in [2.24, 2.45) is 4.15 Å². The molecule has 0 atom stereocenters. The summed E-state index contributed by atoms with van der Waals surface area (Å²) in [6.07, 6.45) is 2.07. The van der Waals surface area contributed by atoms with Crippen LogP contribution in [0.4, 0.5) is 8.39 Å². The van der Waals surface area contributed by atoms with E-state index in [1.165, 1.54) is 0 Å². The van der Waals surface area contributed by atoms with Gasteiger partial charge in [-0.15, -0.1) is 4.15 Å². The molecule has 1 aliphatic rings. The van der Waals surface area contributed by atoms with Crippen molar-refractivity contribution in [3.05, 3.63) is 0 Å². The van der Waals surface area contributed by atoms with Crippen LogP contribution in [0.25, 0.3) is 0 Å². The number of rotatable bonds is 2. The van der Waals surface area contributed by atoms with Crippen LogP contribution in [0.2, 0.25) is 0 Å². The lowest BCUT2D eigenvalue weighted by atomic mass is 10.4. The second-order valence-electron chi connectivity index (χ2n) is 2.93. The second kappa shape index (κ2) is 3.63. The summed E-state index contributed by atoms with van der Waals surface area (Å²) in [5.74, 6) is 0. The van der Waals surface area contributed by atoms with Crippen LogP contribution in [0.15, 0.2) is 4.15 Å². The van der Waals surface area contributed by atoms with Crippen molar-refractivity contribution in [2.45, 2.75) is 12.8 Å². The Kier molecular flexibility index (Phi) is 3.09. The molecule has 0 amide bonds. The normalized spacial score (nSPS) is 20.5. The highest BCUT2D eigenvalue weighted by Crippen LogP contribution is 2.58. The Balaban J connectivity index is 2.92. The molecule has 0 radical (unpaired) electrons. The summed E-state index contributed by atoms with van der Waals surface area (Å²) in [6, 6.07) is 0. The number of hydrogen-bond donors (Lipinski definition) is 0. The van der Waals surface area contributed by atoms with Gasteiger partial charge in [0.05, 0.1) is 6.26 Å². The van der Waals surface area contributed by atoms with Crippen LogP contribution in [0.3, 0.4) is 0 Å². The van der Waals surface area contributed by atoms with Gasteiger partial charge in [0.1, 0.15) is 0 Å². The first-order chi connectivity index (χ1) is 5.81. The van der Waals surface area contributed by atoms with Crippen molar-refractivity contribution < 1.29 is 16.8 Å². The fourth-order valence-corrected chi connectivity index (χ4v) is 3.78. The van der Waals surface area contributed by atoms with Gasteiger partial charge in [-0.2, -0.15) is 8.39 Å². The topological polar surface area (TPSA) is 49.7 Å². The lowest BCUT2D eigenvalue weighted by Gasteiger charge is -2.16. The largest absolute Gasteiger partial charge is 0.382 e. The third-order valence-electron chi connectivity index (χ3n) is 1.67. The van der Waals surface area contributed by atoms with Crippen LogP contribution < -0.4 is 0 Å². The van der Waals surface area contributed by atoms with Crippen LogP contribution in [0, 0.1) is 0 Å². The molecule has 0 bridgehead atoms. The van der Waals surface area contributed by atoms with Crippen LogP contribution in [0.5, 0.6) is 0 Å². The van der Waals surface area contributed by atoms with E-state index in [4.69, 9.17) is 0 Å². The maximum Gasteiger partial charge on any atom is 0.382 e. The Bertz CT molecular complexity index is 330. The van der Waals surface area contributed by atoms with Gasteiger partial charge in [0, 0.05) is 13.1 Å². The Morgan fingerprint density at radius 2 is 1.77 bits per heavy atom. The maximum absolute atomic E-state index is 13.1. The predicted molar refractivity (Wildman–Crippen MR) is 47.2 cm³/mol. The highest BCUT2D eigenvalue weighted by Gasteiger charge is 2.32. The molecule has 0 spiro atoms. The van der Waals surface area contributed by atoms with Crippen molar-refractivity contribution in [3.8, 4) is 0 Å². The maximum atomic E-state index is 13.1. The van der Waals surface area contributed by atoms with Crippen molar-refractivity contribution >= 4 is 17.8 Å². The van der Waals surface area contributed by atoms with E-state index < -0.39 is 17.8 Å². The summed E-state index contributed by atoms with van der Waals surface area (Å²) in [5.41, 5.74) is 0. The molecule has 78 valence electrons. The van der Waals surface area contributed by atoms with Gasteiger partial charge in [0.15, 0.2) is 0 Å². The molecule has 0 saturated carbocycles. The fourth-order valence-electron chi connectivity index (χ4n) is 1.17. The molecule has 8 heteroatoms. The molecule has 1 saturated heterocycles. The smallest absolute Gasteiger partial charge is 0.218 e. The molecule has 4 nitrogen and oxygen atoms in total. The predicted octanol–water partition coefficient (Wildman–Crippen LogP) is 1.93. The molecule has 13 heavy (non-hydrogen) atoms. The average Bonchev–Trinajstić information content (AvgIpc) is 2.29. The number of nitrogens with zero attached hydrogens (tertiary/aromatic N) is 2. The number of hydrogen-bond acceptors (Lipinski definition) is 2. The Morgan fingerprint density at radius 3 is 2.15 bits per heavy atom. The molecule has 0 unspecified atom stereocenters. The van der Waals surface area contributed by atoms with E-state index in [2.05, 4.69) is 4.15 Å². The van der Waals surface area contributed by atoms with Crippen LogP contribution in [-0.2, 0) is 10.0 Å². The van der Waals surface area contributed by atoms with E-state index in [-0.39, 0.29) is 13.1 Å². The summed E-state index contributed by atoms with van der Waals surface area (Å²) >= 11 is 0.